The fraction of sp³-hybridized carbons (Fsp3) is 0.400. The Balaban J connectivity index is 1.92. The van der Waals surface area contributed by atoms with Crippen LogP contribution in [0.1, 0.15) is 18.3 Å². The Kier molecular flexibility index (Phi) is 5.90. The molecule has 0 bridgehead atoms. The molecular weight excluding hydrogens is 336 g/mol. The molecule has 0 unspecified atom stereocenters. The Bertz CT molecular complexity index is 690. The van der Waals surface area contributed by atoms with Gasteiger partial charge in [0, 0.05) is 19.1 Å². The number of thioether (sulfide) groups is 1. The minimum Gasteiger partial charge on any atom is -0.486 e. The van der Waals surface area contributed by atoms with Crippen LogP contribution in [0.2, 0.25) is 5.02 Å². The molecular formula is C15H19ClN4O2S. The quantitative estimate of drug-likeness (QED) is 0.807. The van der Waals surface area contributed by atoms with Crippen LogP contribution in [0.15, 0.2) is 23.4 Å². The van der Waals surface area contributed by atoms with Gasteiger partial charge in [-0.05, 0) is 37.6 Å². The van der Waals surface area contributed by atoms with Gasteiger partial charge in [-0.2, -0.15) is 0 Å². The van der Waals surface area contributed by atoms with Gasteiger partial charge in [-0.1, -0.05) is 23.4 Å². The van der Waals surface area contributed by atoms with Crippen LogP contribution in [0.3, 0.4) is 0 Å². The Morgan fingerprint density at radius 1 is 1.48 bits per heavy atom. The number of carbonyl (C=O) groups is 1. The maximum Gasteiger partial charge on any atom is 0.235 e. The number of amides is 1. The summed E-state index contributed by atoms with van der Waals surface area (Å²) < 4.78 is 5.66. The van der Waals surface area contributed by atoms with Crippen LogP contribution >= 0.6 is 23.4 Å². The van der Waals surface area contributed by atoms with Gasteiger partial charge in [0.2, 0.25) is 11.1 Å². The highest BCUT2D eigenvalue weighted by molar-refractivity contribution is 8.00. The highest BCUT2D eigenvalue weighted by atomic mass is 35.5. The van der Waals surface area contributed by atoms with E-state index in [1.54, 1.807) is 31.1 Å². The minimum absolute atomic E-state index is 0.0224. The van der Waals surface area contributed by atoms with Crippen molar-refractivity contribution in [2.45, 2.75) is 30.9 Å². The van der Waals surface area contributed by atoms with Crippen LogP contribution in [0.4, 0.5) is 0 Å². The maximum atomic E-state index is 11.8. The number of aromatic amines is 1. The third-order valence-electron chi connectivity index (χ3n) is 3.09. The van der Waals surface area contributed by atoms with Crippen molar-refractivity contribution in [2.75, 3.05) is 14.1 Å². The summed E-state index contributed by atoms with van der Waals surface area (Å²) in [4.78, 5) is 17.7. The van der Waals surface area contributed by atoms with E-state index in [0.29, 0.717) is 21.8 Å². The molecule has 0 fully saturated rings. The largest absolute Gasteiger partial charge is 0.486 e. The summed E-state index contributed by atoms with van der Waals surface area (Å²) in [7, 11) is 3.45. The van der Waals surface area contributed by atoms with Crippen molar-refractivity contribution in [3.05, 3.63) is 34.6 Å². The summed E-state index contributed by atoms with van der Waals surface area (Å²) in [6.45, 7) is 4.02. The van der Waals surface area contributed by atoms with E-state index in [0.717, 1.165) is 5.56 Å². The van der Waals surface area contributed by atoms with Crippen LogP contribution in [0.5, 0.6) is 5.75 Å². The van der Waals surface area contributed by atoms with Crippen molar-refractivity contribution in [3.8, 4) is 5.75 Å². The number of hydrogen-bond acceptors (Lipinski definition) is 5. The van der Waals surface area contributed by atoms with Gasteiger partial charge in [0.15, 0.2) is 5.82 Å². The second-order valence-corrected chi connectivity index (χ2v) is 6.97. The second kappa shape index (κ2) is 7.70. The van der Waals surface area contributed by atoms with Crippen LogP contribution in [-0.2, 0) is 11.4 Å². The molecule has 1 heterocycles. The molecule has 6 nitrogen and oxygen atoms in total. The predicted octanol–water partition coefficient (Wildman–Crippen LogP) is 2.91. The molecule has 2 aromatic rings. The van der Waals surface area contributed by atoms with Crippen molar-refractivity contribution >= 4 is 29.3 Å². The fourth-order valence-corrected chi connectivity index (χ4v) is 2.83. The standard InChI is InChI=1S/C15H19ClN4O2S/c1-9-7-11(5-6-12(9)16)22-8-13-17-15(19-18-13)23-10(2)14(21)20(3)4/h5-7,10H,8H2,1-4H3,(H,17,18,19)/t10-/m0/s1. The van der Waals surface area contributed by atoms with E-state index >= 15 is 0 Å². The van der Waals surface area contributed by atoms with Gasteiger partial charge >= 0.3 is 0 Å². The molecule has 0 aliphatic rings. The SMILES string of the molecule is Cc1cc(OCc2nc(S[C@@H](C)C(=O)N(C)C)n[nH]2)ccc1Cl. The highest BCUT2D eigenvalue weighted by Gasteiger charge is 2.18. The lowest BCUT2D eigenvalue weighted by atomic mass is 10.2. The molecule has 0 saturated carbocycles. The van der Waals surface area contributed by atoms with Gasteiger partial charge in [0.25, 0.3) is 0 Å². The molecule has 1 N–H and O–H groups in total. The number of aryl methyl sites for hydroxylation is 1. The Morgan fingerprint density at radius 2 is 2.22 bits per heavy atom. The summed E-state index contributed by atoms with van der Waals surface area (Å²) in [6.07, 6.45) is 0. The zero-order valence-electron chi connectivity index (χ0n) is 13.5. The van der Waals surface area contributed by atoms with E-state index in [2.05, 4.69) is 15.2 Å². The van der Waals surface area contributed by atoms with Gasteiger partial charge in [-0.25, -0.2) is 4.98 Å². The summed E-state index contributed by atoms with van der Waals surface area (Å²) >= 11 is 7.29. The summed E-state index contributed by atoms with van der Waals surface area (Å²) in [5.74, 6) is 1.34. The second-order valence-electron chi connectivity index (χ2n) is 5.26. The molecule has 0 radical (unpaired) electrons. The number of nitrogens with one attached hydrogen (secondary N) is 1. The number of rotatable bonds is 6. The monoisotopic (exact) mass is 354 g/mol. The average Bonchev–Trinajstić information content (AvgIpc) is 2.95. The molecule has 1 aromatic heterocycles. The molecule has 2 rings (SSSR count). The van der Waals surface area contributed by atoms with Crippen LogP contribution in [0.25, 0.3) is 0 Å². The smallest absolute Gasteiger partial charge is 0.235 e. The lowest BCUT2D eigenvalue weighted by Gasteiger charge is -2.14. The van der Waals surface area contributed by atoms with E-state index in [9.17, 15) is 4.79 Å². The molecule has 0 aliphatic carbocycles. The van der Waals surface area contributed by atoms with E-state index < -0.39 is 0 Å². The molecule has 23 heavy (non-hydrogen) atoms. The molecule has 0 saturated heterocycles. The van der Waals surface area contributed by atoms with Crippen molar-refractivity contribution < 1.29 is 9.53 Å². The normalized spacial score (nSPS) is 12.0. The number of nitrogens with zero attached hydrogens (tertiary/aromatic N) is 3. The number of benzene rings is 1. The van der Waals surface area contributed by atoms with E-state index in [-0.39, 0.29) is 17.8 Å². The van der Waals surface area contributed by atoms with Crippen molar-refractivity contribution in [1.82, 2.24) is 20.1 Å². The van der Waals surface area contributed by atoms with Gasteiger partial charge < -0.3 is 9.64 Å². The first-order valence-electron chi connectivity index (χ1n) is 7.05. The fourth-order valence-electron chi connectivity index (χ4n) is 1.83. The number of H-pyrrole nitrogens is 1. The first-order chi connectivity index (χ1) is 10.9. The summed E-state index contributed by atoms with van der Waals surface area (Å²) in [5.41, 5.74) is 0.953. The van der Waals surface area contributed by atoms with Gasteiger partial charge in [0.05, 0.1) is 5.25 Å². The van der Waals surface area contributed by atoms with E-state index in [1.165, 1.54) is 11.8 Å². The summed E-state index contributed by atoms with van der Waals surface area (Å²) in [5, 5.41) is 7.90. The number of aromatic nitrogens is 3. The first kappa shape index (κ1) is 17.6. The third kappa shape index (κ3) is 4.87. The number of hydrogen-bond donors (Lipinski definition) is 1. The Hall–Kier alpha value is -1.73. The van der Waals surface area contributed by atoms with Crippen molar-refractivity contribution in [2.24, 2.45) is 0 Å². The molecule has 1 amide bonds. The van der Waals surface area contributed by atoms with Crippen molar-refractivity contribution in [3.63, 3.8) is 0 Å². The van der Waals surface area contributed by atoms with E-state index in [1.807, 2.05) is 19.9 Å². The lowest BCUT2D eigenvalue weighted by Crippen LogP contribution is -2.29. The predicted molar refractivity (Wildman–Crippen MR) is 90.9 cm³/mol. The average molecular weight is 355 g/mol. The van der Waals surface area contributed by atoms with Gasteiger partial charge in [-0.3, -0.25) is 9.89 Å². The van der Waals surface area contributed by atoms with E-state index in [4.69, 9.17) is 16.3 Å². The van der Waals surface area contributed by atoms with Gasteiger partial charge in [-0.15, -0.1) is 5.10 Å². The number of ether oxygens (including phenoxy) is 1. The lowest BCUT2D eigenvalue weighted by molar-refractivity contribution is -0.127. The zero-order valence-corrected chi connectivity index (χ0v) is 15.0. The highest BCUT2D eigenvalue weighted by Crippen LogP contribution is 2.23. The topological polar surface area (TPSA) is 71.1 Å². The Labute approximate surface area is 144 Å². The first-order valence-corrected chi connectivity index (χ1v) is 8.30. The van der Waals surface area contributed by atoms with Gasteiger partial charge in [0.1, 0.15) is 12.4 Å². The zero-order chi connectivity index (χ0) is 17.0. The molecule has 124 valence electrons. The molecule has 1 aromatic carbocycles. The molecule has 1 atom stereocenters. The van der Waals surface area contributed by atoms with Crippen LogP contribution in [0, 0.1) is 6.92 Å². The number of carbonyl (C=O) groups excluding carboxylic acids is 1. The molecule has 0 aliphatic heterocycles. The molecule has 0 spiro atoms. The minimum atomic E-state index is -0.242. The van der Waals surface area contributed by atoms with Crippen LogP contribution < -0.4 is 4.74 Å². The maximum absolute atomic E-state index is 11.8. The Morgan fingerprint density at radius 3 is 2.87 bits per heavy atom. The van der Waals surface area contributed by atoms with Crippen LogP contribution in [-0.4, -0.2) is 45.3 Å². The third-order valence-corrected chi connectivity index (χ3v) is 4.46. The number of halogens is 1. The van der Waals surface area contributed by atoms with Crippen molar-refractivity contribution in [1.29, 1.82) is 0 Å². The molecule has 8 heteroatoms. The summed E-state index contributed by atoms with van der Waals surface area (Å²) in [6, 6.07) is 5.47.